The van der Waals surface area contributed by atoms with Crippen molar-refractivity contribution < 1.29 is 50.2 Å². The first kappa shape index (κ1) is 77.0. The molecule has 6 aromatic rings. The number of rotatable bonds is 28. The average molecular weight is 1390 g/mol. The molecule has 0 spiro atoms. The zero-order valence-corrected chi connectivity index (χ0v) is 60.3. The fourth-order valence-corrected chi connectivity index (χ4v) is 16.7. The third kappa shape index (κ3) is 24.9. The Morgan fingerprint density at radius 1 is 0.641 bits per heavy atom. The lowest BCUT2D eigenvalue weighted by atomic mass is 9.86. The summed E-state index contributed by atoms with van der Waals surface area (Å²) in [7, 11) is -9.60. The molecule has 0 radical (unpaired) electrons. The maximum atomic E-state index is 13.4. The minimum atomic E-state index is -3.75. The SMILES string of the molecule is C.CCNS(=O)(=O)c1cc(C=O)ccc1-c1cnc(C2CCC(NC(=O)OC(C)C)CC2)s1.CCNS(=O)(=O)c1cc(CCc2nccn2COCC[Si](C)(C)C)ccc1-c1cnc(C2CCC(NC(=O)OC(C)C)CC2)s1.C[Si](C)(C)CCOCn1ccnc1N. The summed E-state index contributed by atoms with van der Waals surface area (Å²) in [5.41, 5.74) is 8.01. The number of hydrogen-bond donors (Lipinski definition) is 5. The van der Waals surface area contributed by atoms with Gasteiger partial charge in [0.25, 0.3) is 0 Å². The molecule has 2 aliphatic rings. The number of aromatic nitrogens is 6. The van der Waals surface area contributed by atoms with E-state index in [0.29, 0.717) is 61.8 Å². The van der Waals surface area contributed by atoms with Crippen molar-refractivity contribution in [1.29, 1.82) is 0 Å². The van der Waals surface area contributed by atoms with Crippen molar-refractivity contribution in [3.63, 3.8) is 0 Å². The van der Waals surface area contributed by atoms with Crippen LogP contribution >= 0.6 is 22.7 Å². The summed E-state index contributed by atoms with van der Waals surface area (Å²) in [6.45, 7) is 27.9. The number of thiazole rings is 2. The fourth-order valence-electron chi connectivity index (χ4n) is 10.2. The van der Waals surface area contributed by atoms with Gasteiger partial charge in [0.15, 0.2) is 0 Å². The number of nitrogens with one attached hydrogen (secondary N) is 4. The van der Waals surface area contributed by atoms with Crippen LogP contribution in [0.25, 0.3) is 20.9 Å². The highest BCUT2D eigenvalue weighted by Gasteiger charge is 2.30. The van der Waals surface area contributed by atoms with E-state index < -0.39 is 36.2 Å². The molecule has 4 heterocycles. The number of aldehydes is 1. The highest BCUT2D eigenvalue weighted by Crippen LogP contribution is 2.41. The van der Waals surface area contributed by atoms with Crippen LogP contribution in [0.5, 0.6) is 0 Å². The van der Waals surface area contributed by atoms with Crippen LogP contribution in [0.1, 0.15) is 144 Å². The Hall–Kier alpha value is -5.70. The Labute approximate surface area is 556 Å². The number of carbonyl (C=O) groups is 3. The van der Waals surface area contributed by atoms with Gasteiger partial charge in [0.05, 0.1) is 41.8 Å². The molecule has 2 aliphatic carbocycles. The third-order valence-electron chi connectivity index (χ3n) is 15.1. The van der Waals surface area contributed by atoms with Gasteiger partial charge >= 0.3 is 12.2 Å². The zero-order chi connectivity index (χ0) is 66.5. The third-order valence-corrected chi connectivity index (χ3v) is 24.1. The highest BCUT2D eigenvalue weighted by molar-refractivity contribution is 7.90. The van der Waals surface area contributed by atoms with E-state index in [0.717, 1.165) is 102 Å². The molecule has 0 aliphatic heterocycles. The van der Waals surface area contributed by atoms with E-state index in [1.807, 2.05) is 56.8 Å². The maximum Gasteiger partial charge on any atom is 0.407 e. The number of benzene rings is 2. The highest BCUT2D eigenvalue weighted by atomic mass is 32.2. The normalized spacial score (nSPS) is 17.0. The van der Waals surface area contributed by atoms with Gasteiger partial charge in [-0.25, -0.2) is 55.8 Å². The summed E-state index contributed by atoms with van der Waals surface area (Å²) >= 11 is 3.03. The van der Waals surface area contributed by atoms with E-state index in [4.69, 9.17) is 29.7 Å². The molecule has 0 unspecified atom stereocenters. The Morgan fingerprint density at radius 2 is 1.09 bits per heavy atom. The molecule has 22 nitrogen and oxygen atoms in total. The van der Waals surface area contributed by atoms with E-state index in [1.54, 1.807) is 72.7 Å². The average Bonchev–Trinajstić information content (AvgIpc) is 1.38. The molecule has 2 amide bonds. The maximum absolute atomic E-state index is 13.4. The summed E-state index contributed by atoms with van der Waals surface area (Å²) in [4.78, 5) is 54.7. The predicted octanol–water partition coefficient (Wildman–Crippen LogP) is 13.1. The second-order valence-corrected chi connectivity index (χ2v) is 42.7. The summed E-state index contributed by atoms with van der Waals surface area (Å²) < 4.78 is 83.0. The molecule has 0 atom stereocenters. The van der Waals surface area contributed by atoms with Gasteiger partial charge in [-0.2, -0.15) is 0 Å². The molecule has 4 aromatic heterocycles. The molecular formula is C64H101N11O11S4Si2. The molecule has 2 aromatic carbocycles. The second kappa shape index (κ2) is 36.3. The van der Waals surface area contributed by atoms with Crippen LogP contribution in [0.4, 0.5) is 15.5 Å². The van der Waals surface area contributed by atoms with Crippen LogP contribution in [0.2, 0.25) is 51.4 Å². The summed E-state index contributed by atoms with van der Waals surface area (Å²) in [5, 5.41) is 7.85. The number of aryl methyl sites for hydroxylation is 2. The van der Waals surface area contributed by atoms with Crippen molar-refractivity contribution in [1.82, 2.24) is 49.1 Å². The lowest BCUT2D eigenvalue weighted by molar-refractivity contribution is 0.0851. The standard InChI is InChI=1S/C32H49N5O5S2Si.C22H29N3O5S2.C9H19N3OSi.CH4/c1-7-35-44(39,40)29-20-24(9-15-30-33-16-17-37(30)22-41-18-19-45(4,5)6)8-14-27(29)28-21-34-31(43-28)25-10-12-26(13-11-25)36-32(38)42-23(2)3;1-4-24-32(28,29)20-11-15(13-26)5-10-18(20)19-12-23-21(31-19)16-6-8-17(9-7-16)25-22(27)30-14(2)3;1-14(2,3)7-6-13-8-12-5-4-11-9(12)10;/h8,14,16-17,20-21,23,25-26,35H,7,9-13,15,18-19,22H2,1-6H3,(H,36,38);5,10-14,16-17,24H,4,6-9H2,1-3H3,(H,25,27);4-5H,6-8H2,1-3H3,(H2,10,11);1H4. The molecule has 510 valence electrons. The molecular weight excluding hydrogens is 1280 g/mol. The molecule has 8 rings (SSSR count). The number of sulfonamides is 2. The minimum absolute atomic E-state index is 0. The van der Waals surface area contributed by atoms with Gasteiger partial charge in [-0.05, 0) is 115 Å². The van der Waals surface area contributed by atoms with Crippen LogP contribution in [0.3, 0.4) is 0 Å². The lowest BCUT2D eigenvalue weighted by Gasteiger charge is -2.28. The zero-order valence-electron chi connectivity index (χ0n) is 55.1. The number of alkyl carbamates (subject to hydrolysis) is 2. The Balaban J connectivity index is 0.000000283. The van der Waals surface area contributed by atoms with Crippen LogP contribution in [0, 0.1) is 0 Å². The van der Waals surface area contributed by atoms with Crippen molar-refractivity contribution in [2.24, 2.45) is 0 Å². The van der Waals surface area contributed by atoms with Gasteiger partial charge in [-0.3, -0.25) is 9.36 Å². The number of nitrogen functional groups attached to an aromatic ring is 1. The van der Waals surface area contributed by atoms with Gasteiger partial charge in [0.1, 0.15) is 25.6 Å². The van der Waals surface area contributed by atoms with E-state index in [9.17, 15) is 31.2 Å². The molecule has 6 N–H and O–H groups in total. The first-order chi connectivity index (χ1) is 43.1. The number of imidazole rings is 2. The van der Waals surface area contributed by atoms with Crippen molar-refractivity contribution in [3.8, 4) is 20.9 Å². The Morgan fingerprint density at radius 3 is 1.52 bits per heavy atom. The molecule has 0 bridgehead atoms. The van der Waals surface area contributed by atoms with Gasteiger partial charge in [0.2, 0.25) is 26.0 Å². The number of ether oxygens (including phenoxy) is 4. The van der Waals surface area contributed by atoms with E-state index in [2.05, 4.69) is 74.3 Å². The quantitative estimate of drug-likeness (QED) is 0.0173. The minimum Gasteiger partial charge on any atom is -0.447 e. The smallest absolute Gasteiger partial charge is 0.407 e. The Bertz CT molecular complexity index is 3490. The van der Waals surface area contributed by atoms with E-state index in [-0.39, 0.29) is 72.1 Å². The van der Waals surface area contributed by atoms with Crippen LogP contribution in [0.15, 0.2) is 83.4 Å². The number of anilines is 1. The van der Waals surface area contributed by atoms with Crippen molar-refractivity contribution in [2.45, 2.75) is 224 Å². The summed E-state index contributed by atoms with van der Waals surface area (Å²) in [5.74, 6) is 1.96. The topological polar surface area (TPSA) is 292 Å². The van der Waals surface area contributed by atoms with Gasteiger partial charge in [-0.15, -0.1) is 22.7 Å². The largest absolute Gasteiger partial charge is 0.447 e. The van der Waals surface area contributed by atoms with Gasteiger partial charge in [-0.1, -0.05) is 84.8 Å². The van der Waals surface area contributed by atoms with E-state index in [1.165, 1.54) is 23.4 Å². The molecule has 92 heavy (non-hydrogen) atoms. The summed E-state index contributed by atoms with van der Waals surface area (Å²) in [6.07, 6.45) is 18.6. The number of amides is 2. The van der Waals surface area contributed by atoms with Crippen LogP contribution in [-0.2, 0) is 65.3 Å². The van der Waals surface area contributed by atoms with E-state index >= 15 is 0 Å². The van der Waals surface area contributed by atoms with Crippen LogP contribution in [-0.4, -0.2) is 131 Å². The first-order valence-corrected chi connectivity index (χ1v) is 43.6. The summed E-state index contributed by atoms with van der Waals surface area (Å²) in [6, 6.07) is 12.8. The number of nitrogens with zero attached hydrogens (tertiary/aromatic N) is 6. The van der Waals surface area contributed by atoms with Crippen LogP contribution < -0.4 is 25.8 Å². The molecule has 28 heteroatoms. The molecule has 0 saturated heterocycles. The number of nitrogens with two attached hydrogens (primary N) is 1. The first-order valence-electron chi connectivity index (χ1n) is 31.6. The second-order valence-electron chi connectivity index (χ2n) is 25.9. The van der Waals surface area contributed by atoms with Crippen molar-refractivity contribution in [3.05, 3.63) is 101 Å². The number of hydrogen-bond acceptors (Lipinski definition) is 18. The lowest BCUT2D eigenvalue weighted by Crippen LogP contribution is -2.38. The van der Waals surface area contributed by atoms with Crippen molar-refractivity contribution >= 4 is 83.3 Å². The fraction of sp³-hybridized carbons (Fsp3) is 0.578. The monoisotopic (exact) mass is 1380 g/mol. The number of carbonyl (C=O) groups excluding carboxylic acids is 3. The molecule has 2 fully saturated rings. The predicted molar refractivity (Wildman–Crippen MR) is 373 cm³/mol. The Kier molecular flexibility index (Phi) is 30.4. The van der Waals surface area contributed by atoms with Crippen molar-refractivity contribution in [2.75, 3.05) is 32.0 Å². The molecule has 2 saturated carbocycles. The van der Waals surface area contributed by atoms with Gasteiger partial charge < -0.3 is 39.9 Å². The van der Waals surface area contributed by atoms with Gasteiger partial charge in [0, 0.05) is 127 Å².